The third kappa shape index (κ3) is 2.60. The largest absolute Gasteiger partial charge is 0.503 e. The number of aromatic hydroxyl groups is 1. The molecule has 0 unspecified atom stereocenters. The zero-order valence-corrected chi connectivity index (χ0v) is 12.4. The van der Waals surface area contributed by atoms with Crippen molar-refractivity contribution in [1.82, 2.24) is 14.3 Å². The Morgan fingerprint density at radius 3 is 2.75 bits per heavy atom. The van der Waals surface area contributed by atoms with Gasteiger partial charge >= 0.3 is 5.69 Å². The highest BCUT2D eigenvalue weighted by atomic mass is 19.1. The molecule has 1 aromatic carbocycles. The van der Waals surface area contributed by atoms with Gasteiger partial charge in [0.2, 0.25) is 0 Å². The number of hydrogen-bond acceptors (Lipinski definition) is 5. The van der Waals surface area contributed by atoms with Gasteiger partial charge in [0.25, 0.3) is 5.56 Å². The van der Waals surface area contributed by atoms with Crippen LogP contribution in [0.25, 0.3) is 11.3 Å². The second-order valence-corrected chi connectivity index (χ2v) is 5.06. The Labute approximate surface area is 133 Å². The van der Waals surface area contributed by atoms with Crippen LogP contribution >= 0.6 is 0 Å². The molecule has 0 saturated heterocycles. The molecule has 0 aliphatic rings. The Morgan fingerprint density at radius 2 is 2.00 bits per heavy atom. The van der Waals surface area contributed by atoms with Crippen molar-refractivity contribution in [1.29, 1.82) is 0 Å². The molecule has 1 N–H and O–H groups in total. The summed E-state index contributed by atoms with van der Waals surface area (Å²) >= 11 is 0. The van der Waals surface area contributed by atoms with E-state index in [0.717, 1.165) is 16.7 Å². The second kappa shape index (κ2) is 5.76. The van der Waals surface area contributed by atoms with Gasteiger partial charge in [-0.3, -0.25) is 13.9 Å². The number of phenolic OH excluding ortho intramolecular Hbond substituents is 1. The van der Waals surface area contributed by atoms with Crippen molar-refractivity contribution >= 4 is 0 Å². The smallest absolute Gasteiger partial charge is 0.331 e. The number of halogens is 2. The van der Waals surface area contributed by atoms with Gasteiger partial charge in [0.1, 0.15) is 5.69 Å². The van der Waals surface area contributed by atoms with E-state index in [1.807, 2.05) is 0 Å². The minimum Gasteiger partial charge on any atom is -0.503 e. The highest BCUT2D eigenvalue weighted by molar-refractivity contribution is 5.62. The van der Waals surface area contributed by atoms with Crippen LogP contribution in [0.2, 0.25) is 0 Å². The van der Waals surface area contributed by atoms with E-state index in [2.05, 4.69) is 5.16 Å². The summed E-state index contributed by atoms with van der Waals surface area (Å²) in [5.41, 5.74) is -1.10. The van der Waals surface area contributed by atoms with Crippen LogP contribution in [-0.4, -0.2) is 19.4 Å². The normalized spacial score (nSPS) is 11.0. The molecule has 24 heavy (non-hydrogen) atoms. The maximum absolute atomic E-state index is 13.9. The standard InChI is InChI=1S/C15H11F2N3O4/c1-19-12(21)4-5-20(15(19)23)7-8-6-11(18-24-8)9-2-3-10(16)14(22)13(9)17/h2-6,22H,7H2,1H3. The van der Waals surface area contributed by atoms with Crippen molar-refractivity contribution < 1.29 is 18.4 Å². The molecule has 0 atom stereocenters. The molecule has 0 bridgehead atoms. The lowest BCUT2D eigenvalue weighted by Crippen LogP contribution is -2.36. The van der Waals surface area contributed by atoms with E-state index in [1.54, 1.807) is 0 Å². The Morgan fingerprint density at radius 1 is 1.25 bits per heavy atom. The molecule has 0 aliphatic carbocycles. The summed E-state index contributed by atoms with van der Waals surface area (Å²) in [4.78, 5) is 23.3. The molecule has 0 spiro atoms. The monoisotopic (exact) mass is 335 g/mol. The van der Waals surface area contributed by atoms with E-state index >= 15 is 0 Å². The number of hydrogen-bond donors (Lipinski definition) is 1. The summed E-state index contributed by atoms with van der Waals surface area (Å²) in [5.74, 6) is -3.13. The summed E-state index contributed by atoms with van der Waals surface area (Å²) in [7, 11) is 1.34. The first-order valence-electron chi connectivity index (χ1n) is 6.78. The lowest BCUT2D eigenvalue weighted by atomic mass is 10.1. The number of benzene rings is 1. The molecule has 3 rings (SSSR count). The molecule has 124 valence electrons. The summed E-state index contributed by atoms with van der Waals surface area (Å²) < 4.78 is 34.1. The van der Waals surface area contributed by atoms with Gasteiger partial charge < -0.3 is 9.63 Å². The summed E-state index contributed by atoms with van der Waals surface area (Å²) in [6.45, 7) is -0.0330. The molecule has 0 amide bonds. The second-order valence-electron chi connectivity index (χ2n) is 5.06. The fourth-order valence-electron chi connectivity index (χ4n) is 2.16. The van der Waals surface area contributed by atoms with Gasteiger partial charge in [0, 0.05) is 30.9 Å². The summed E-state index contributed by atoms with van der Waals surface area (Å²) in [5, 5.41) is 12.9. The van der Waals surface area contributed by atoms with Gasteiger partial charge in [0.15, 0.2) is 23.1 Å². The first-order valence-corrected chi connectivity index (χ1v) is 6.78. The Bertz CT molecular complexity index is 1040. The highest BCUT2D eigenvalue weighted by Gasteiger charge is 2.17. The van der Waals surface area contributed by atoms with Gasteiger partial charge in [-0.25, -0.2) is 13.6 Å². The SMILES string of the molecule is Cn1c(=O)ccn(Cc2cc(-c3ccc(F)c(O)c3F)no2)c1=O. The minimum atomic E-state index is -1.16. The van der Waals surface area contributed by atoms with Gasteiger partial charge in [-0.15, -0.1) is 0 Å². The lowest BCUT2D eigenvalue weighted by Gasteiger charge is -2.03. The van der Waals surface area contributed by atoms with Crippen LogP contribution in [0.3, 0.4) is 0 Å². The molecule has 2 aromatic heterocycles. The predicted octanol–water partition coefficient (Wildman–Crippen LogP) is 1.23. The average Bonchev–Trinajstić information content (AvgIpc) is 3.02. The zero-order chi connectivity index (χ0) is 17.4. The quantitative estimate of drug-likeness (QED) is 0.777. The Kier molecular flexibility index (Phi) is 3.76. The van der Waals surface area contributed by atoms with Crippen molar-refractivity contribution in [2.45, 2.75) is 6.54 Å². The van der Waals surface area contributed by atoms with Gasteiger partial charge in [-0.05, 0) is 12.1 Å². The van der Waals surface area contributed by atoms with Crippen molar-refractivity contribution in [3.63, 3.8) is 0 Å². The van der Waals surface area contributed by atoms with Crippen LogP contribution < -0.4 is 11.2 Å². The lowest BCUT2D eigenvalue weighted by molar-refractivity contribution is 0.373. The van der Waals surface area contributed by atoms with E-state index < -0.39 is 28.6 Å². The van der Waals surface area contributed by atoms with E-state index in [0.29, 0.717) is 0 Å². The van der Waals surface area contributed by atoms with Crippen molar-refractivity contribution in [2.24, 2.45) is 7.05 Å². The molecule has 7 nitrogen and oxygen atoms in total. The number of phenols is 1. The van der Waals surface area contributed by atoms with Crippen LogP contribution in [0, 0.1) is 11.6 Å². The van der Waals surface area contributed by atoms with E-state index in [-0.39, 0.29) is 23.6 Å². The Balaban J connectivity index is 1.95. The third-order valence-corrected chi connectivity index (χ3v) is 3.49. The van der Waals surface area contributed by atoms with E-state index in [4.69, 9.17) is 4.52 Å². The Hall–Kier alpha value is -3.23. The summed E-state index contributed by atoms with van der Waals surface area (Å²) in [6.07, 6.45) is 1.30. The molecule has 0 fully saturated rings. The highest BCUT2D eigenvalue weighted by Crippen LogP contribution is 2.30. The molecular formula is C15H11F2N3O4. The van der Waals surface area contributed by atoms with Gasteiger partial charge in [0.05, 0.1) is 6.54 Å². The molecule has 0 radical (unpaired) electrons. The van der Waals surface area contributed by atoms with Crippen LogP contribution in [0.15, 0.2) is 44.6 Å². The van der Waals surface area contributed by atoms with E-state index in [1.165, 1.54) is 29.9 Å². The van der Waals surface area contributed by atoms with Crippen molar-refractivity contribution in [3.8, 4) is 17.0 Å². The van der Waals surface area contributed by atoms with Crippen molar-refractivity contribution in [3.05, 3.63) is 68.7 Å². The fourth-order valence-corrected chi connectivity index (χ4v) is 2.16. The zero-order valence-electron chi connectivity index (χ0n) is 12.4. The number of aromatic nitrogens is 3. The third-order valence-electron chi connectivity index (χ3n) is 3.49. The molecule has 0 saturated carbocycles. The first-order chi connectivity index (χ1) is 11.4. The van der Waals surface area contributed by atoms with Crippen LogP contribution in [0.1, 0.15) is 5.76 Å². The number of nitrogens with zero attached hydrogens (tertiary/aromatic N) is 3. The van der Waals surface area contributed by atoms with Crippen LogP contribution in [-0.2, 0) is 13.6 Å². The fraction of sp³-hybridized carbons (Fsp3) is 0.133. The summed E-state index contributed by atoms with van der Waals surface area (Å²) in [6, 6.07) is 4.59. The maximum atomic E-state index is 13.9. The molecule has 2 heterocycles. The molecular weight excluding hydrogens is 324 g/mol. The van der Waals surface area contributed by atoms with Crippen molar-refractivity contribution in [2.75, 3.05) is 0 Å². The predicted molar refractivity (Wildman–Crippen MR) is 78.6 cm³/mol. The average molecular weight is 335 g/mol. The van der Waals surface area contributed by atoms with Gasteiger partial charge in [-0.2, -0.15) is 0 Å². The molecule has 0 aliphatic heterocycles. The number of rotatable bonds is 3. The van der Waals surface area contributed by atoms with Gasteiger partial charge in [-0.1, -0.05) is 5.16 Å². The minimum absolute atomic E-state index is 0.0330. The topological polar surface area (TPSA) is 90.3 Å². The maximum Gasteiger partial charge on any atom is 0.331 e. The van der Waals surface area contributed by atoms with Crippen LogP contribution in [0.4, 0.5) is 8.78 Å². The van der Waals surface area contributed by atoms with Crippen LogP contribution in [0.5, 0.6) is 5.75 Å². The molecule has 9 heteroatoms. The first kappa shape index (κ1) is 15.7. The van der Waals surface area contributed by atoms with E-state index in [9.17, 15) is 23.5 Å². The molecule has 3 aromatic rings.